The van der Waals surface area contributed by atoms with Crippen molar-refractivity contribution in [3.63, 3.8) is 0 Å². The number of rotatable bonds is 10. The van der Waals surface area contributed by atoms with Crippen LogP contribution in [0, 0.1) is 24.6 Å². The van der Waals surface area contributed by atoms with Gasteiger partial charge in [-0.1, -0.05) is 86.7 Å². The van der Waals surface area contributed by atoms with Crippen molar-refractivity contribution < 1.29 is 4.39 Å². The number of hydrazone groups is 1. The maximum atomic E-state index is 15.5. The first-order valence-corrected chi connectivity index (χ1v) is 13.8. The molecule has 0 bridgehead atoms. The predicted octanol–water partition coefficient (Wildman–Crippen LogP) is 8.66. The molecule has 1 saturated carbocycles. The fourth-order valence-electron chi connectivity index (χ4n) is 6.19. The van der Waals surface area contributed by atoms with Gasteiger partial charge in [0.2, 0.25) is 0 Å². The average Bonchev–Trinajstić information content (AvgIpc) is 3.20. The molecule has 2 atom stereocenters. The molecule has 1 heterocycles. The van der Waals surface area contributed by atoms with Crippen molar-refractivity contribution >= 4 is 5.71 Å². The first-order chi connectivity index (χ1) is 17.0. The van der Waals surface area contributed by atoms with Gasteiger partial charge in [-0.15, -0.1) is 6.58 Å². The van der Waals surface area contributed by atoms with Crippen LogP contribution in [0.1, 0.15) is 94.2 Å². The minimum atomic E-state index is -0.0700. The second kappa shape index (κ2) is 12.0. The summed E-state index contributed by atoms with van der Waals surface area (Å²) in [7, 11) is 0. The molecular weight excluding hydrogens is 431 g/mol. The van der Waals surface area contributed by atoms with E-state index in [9.17, 15) is 0 Å². The maximum absolute atomic E-state index is 15.5. The van der Waals surface area contributed by atoms with Gasteiger partial charge in [-0.3, -0.25) is 5.01 Å². The summed E-state index contributed by atoms with van der Waals surface area (Å²) in [4.78, 5) is 0. The lowest BCUT2D eigenvalue weighted by Gasteiger charge is -2.34. The summed E-state index contributed by atoms with van der Waals surface area (Å²) in [5.41, 5.74) is 4.97. The Kier molecular flexibility index (Phi) is 8.81. The molecule has 3 heteroatoms. The van der Waals surface area contributed by atoms with Gasteiger partial charge in [-0.2, -0.15) is 5.10 Å². The quantitative estimate of drug-likeness (QED) is 0.315. The molecule has 0 aromatic heterocycles. The zero-order valence-corrected chi connectivity index (χ0v) is 22.0. The highest BCUT2D eigenvalue weighted by atomic mass is 19.1. The van der Waals surface area contributed by atoms with Crippen LogP contribution in [0.15, 0.2) is 65.8 Å². The van der Waals surface area contributed by atoms with E-state index in [2.05, 4.69) is 49.7 Å². The molecule has 2 unspecified atom stereocenters. The number of nitrogens with zero attached hydrogens (tertiary/aromatic N) is 2. The van der Waals surface area contributed by atoms with Crippen LogP contribution in [0.25, 0.3) is 0 Å². The van der Waals surface area contributed by atoms with E-state index in [0.717, 1.165) is 42.1 Å². The van der Waals surface area contributed by atoms with E-state index in [1.54, 1.807) is 0 Å². The number of allylic oxidation sites excluding steroid dienone is 1. The number of benzene rings is 2. The highest BCUT2D eigenvalue weighted by Gasteiger charge is 2.40. The Morgan fingerprint density at radius 3 is 2.40 bits per heavy atom. The monoisotopic (exact) mass is 474 g/mol. The van der Waals surface area contributed by atoms with Crippen LogP contribution in [-0.2, 0) is 0 Å². The van der Waals surface area contributed by atoms with Crippen LogP contribution >= 0.6 is 0 Å². The standard InChI is InChI=1S/C32H43FN2/c1-5-11-29-30(28-17-10-13-24(4)31(28)33)32(27-15-7-6-8-16-27)34-35(29)22-26-20-18-25(19-21-26)14-9-12-23(2)3/h6-8,10,13,15-17,25-26,29-30H,2,5,9,11-12,14,18-22H2,1,3-4H3. The molecule has 0 radical (unpaired) electrons. The second-order valence-electron chi connectivity index (χ2n) is 11.0. The number of halogens is 1. The van der Waals surface area contributed by atoms with E-state index in [1.165, 1.54) is 50.5 Å². The third kappa shape index (κ3) is 6.23. The Morgan fingerprint density at radius 2 is 1.71 bits per heavy atom. The highest BCUT2D eigenvalue weighted by molar-refractivity contribution is 6.06. The second-order valence-corrected chi connectivity index (χ2v) is 11.0. The summed E-state index contributed by atoms with van der Waals surface area (Å²) < 4.78 is 15.5. The molecular formula is C32H43FN2. The molecule has 2 aliphatic rings. The molecule has 188 valence electrons. The van der Waals surface area contributed by atoms with Gasteiger partial charge in [0, 0.05) is 6.54 Å². The Balaban J connectivity index is 1.53. The third-order valence-corrected chi connectivity index (χ3v) is 8.14. The number of aryl methyl sites for hydroxylation is 1. The van der Waals surface area contributed by atoms with E-state index < -0.39 is 0 Å². The van der Waals surface area contributed by atoms with Crippen LogP contribution in [0.3, 0.4) is 0 Å². The molecule has 35 heavy (non-hydrogen) atoms. The lowest BCUT2D eigenvalue weighted by atomic mass is 9.79. The fourth-order valence-corrected chi connectivity index (χ4v) is 6.19. The Labute approximate surface area is 212 Å². The molecule has 4 rings (SSSR count). The molecule has 1 aliphatic carbocycles. The van der Waals surface area contributed by atoms with Crippen LogP contribution in [0.5, 0.6) is 0 Å². The summed E-state index contributed by atoms with van der Waals surface area (Å²) in [6, 6.07) is 16.5. The van der Waals surface area contributed by atoms with Gasteiger partial charge in [-0.25, -0.2) is 4.39 Å². The van der Waals surface area contributed by atoms with Crippen molar-refractivity contribution in [2.45, 2.75) is 90.5 Å². The number of hydrogen-bond donors (Lipinski definition) is 0. The van der Waals surface area contributed by atoms with Gasteiger partial charge < -0.3 is 0 Å². The van der Waals surface area contributed by atoms with Crippen molar-refractivity contribution in [3.05, 3.63) is 83.2 Å². The van der Waals surface area contributed by atoms with E-state index in [-0.39, 0.29) is 17.8 Å². The topological polar surface area (TPSA) is 15.6 Å². The highest BCUT2D eigenvalue weighted by Crippen LogP contribution is 2.40. The Hall–Kier alpha value is -2.42. The molecule has 0 spiro atoms. The molecule has 1 fully saturated rings. The minimum absolute atomic E-state index is 0.0317. The van der Waals surface area contributed by atoms with Gasteiger partial charge in [0.15, 0.2) is 0 Å². The van der Waals surface area contributed by atoms with Crippen LogP contribution in [0.4, 0.5) is 4.39 Å². The lowest BCUT2D eigenvalue weighted by Crippen LogP contribution is -2.36. The fraction of sp³-hybridized carbons (Fsp3) is 0.531. The first-order valence-electron chi connectivity index (χ1n) is 13.8. The first kappa shape index (κ1) is 25.7. The molecule has 1 aliphatic heterocycles. The predicted molar refractivity (Wildman–Crippen MR) is 146 cm³/mol. The molecule has 2 nitrogen and oxygen atoms in total. The van der Waals surface area contributed by atoms with Crippen molar-refractivity contribution in [1.82, 2.24) is 5.01 Å². The third-order valence-electron chi connectivity index (χ3n) is 8.14. The van der Waals surface area contributed by atoms with Crippen molar-refractivity contribution in [2.75, 3.05) is 6.54 Å². The smallest absolute Gasteiger partial charge is 0.130 e. The summed E-state index contributed by atoms with van der Waals surface area (Å²) in [6.45, 7) is 11.3. The van der Waals surface area contributed by atoms with Gasteiger partial charge >= 0.3 is 0 Å². The minimum Gasteiger partial charge on any atom is -0.292 e. The van der Waals surface area contributed by atoms with Gasteiger partial charge in [0.05, 0.1) is 17.7 Å². The summed E-state index contributed by atoms with van der Waals surface area (Å²) in [5, 5.41) is 7.59. The number of hydrogen-bond acceptors (Lipinski definition) is 2. The van der Waals surface area contributed by atoms with Gasteiger partial charge in [-0.05, 0) is 74.5 Å². The molecule has 2 aromatic rings. The van der Waals surface area contributed by atoms with Gasteiger partial charge in [0.25, 0.3) is 0 Å². The zero-order chi connectivity index (χ0) is 24.8. The van der Waals surface area contributed by atoms with Crippen LogP contribution in [0.2, 0.25) is 0 Å². The van der Waals surface area contributed by atoms with Gasteiger partial charge in [0.1, 0.15) is 5.82 Å². The Morgan fingerprint density at radius 1 is 1.00 bits per heavy atom. The van der Waals surface area contributed by atoms with Crippen molar-refractivity contribution in [3.8, 4) is 0 Å². The summed E-state index contributed by atoms with van der Waals surface area (Å²) >= 11 is 0. The summed E-state index contributed by atoms with van der Waals surface area (Å²) in [5.74, 6) is 1.44. The van der Waals surface area contributed by atoms with Crippen molar-refractivity contribution in [1.29, 1.82) is 0 Å². The van der Waals surface area contributed by atoms with E-state index >= 15 is 4.39 Å². The lowest BCUT2D eigenvalue weighted by molar-refractivity contribution is 0.142. The van der Waals surface area contributed by atoms with Crippen LogP contribution in [-0.4, -0.2) is 23.3 Å². The van der Waals surface area contributed by atoms with E-state index in [4.69, 9.17) is 5.10 Å². The Bertz CT molecular complexity index is 1000. The van der Waals surface area contributed by atoms with E-state index in [1.807, 2.05) is 31.2 Å². The SMILES string of the molecule is C=C(C)CCCC1CCC(CN2N=C(c3ccccc3)C(c3cccc(C)c3F)C2CCC)CC1. The average molecular weight is 475 g/mol. The van der Waals surface area contributed by atoms with Crippen LogP contribution < -0.4 is 0 Å². The molecule has 0 N–H and O–H groups in total. The van der Waals surface area contributed by atoms with Crippen molar-refractivity contribution in [2.24, 2.45) is 16.9 Å². The molecule has 2 aromatic carbocycles. The largest absolute Gasteiger partial charge is 0.292 e. The van der Waals surface area contributed by atoms with E-state index in [0.29, 0.717) is 11.5 Å². The summed E-state index contributed by atoms with van der Waals surface area (Å²) in [6.07, 6.45) is 11.1. The maximum Gasteiger partial charge on any atom is 0.130 e. The molecule has 0 saturated heterocycles. The molecule has 0 amide bonds. The zero-order valence-electron chi connectivity index (χ0n) is 22.0. The normalized spacial score (nSPS) is 24.5.